The van der Waals surface area contributed by atoms with Gasteiger partial charge in [-0.3, -0.25) is 0 Å². The van der Waals surface area contributed by atoms with Crippen molar-refractivity contribution in [1.82, 2.24) is 4.72 Å². The second kappa shape index (κ2) is 6.48. The van der Waals surface area contributed by atoms with Crippen LogP contribution in [0.5, 0.6) is 0 Å². The fraction of sp³-hybridized carbons (Fsp3) is 0.538. The van der Waals surface area contributed by atoms with Crippen molar-refractivity contribution in [3.8, 4) is 0 Å². The van der Waals surface area contributed by atoms with Crippen LogP contribution in [0.1, 0.15) is 32.1 Å². The van der Waals surface area contributed by atoms with Gasteiger partial charge in [0.1, 0.15) is 10.7 Å². The molecule has 1 aliphatic carbocycles. The zero-order chi connectivity index (χ0) is 15.6. The molecular formula is C13H18ClFN2O3S. The van der Waals surface area contributed by atoms with Gasteiger partial charge in [-0.1, -0.05) is 30.9 Å². The van der Waals surface area contributed by atoms with Gasteiger partial charge in [-0.15, -0.1) is 0 Å². The van der Waals surface area contributed by atoms with E-state index in [1.165, 1.54) is 0 Å². The standard InChI is InChI=1S/C13H18ClFN2O3S/c14-8-6-9(15)10(16)7-13(8)21(19,20)17-11-4-2-1-3-5-12(11)18/h6-7,11-12,17-18H,1-5,16H2. The highest BCUT2D eigenvalue weighted by Gasteiger charge is 2.28. The summed E-state index contributed by atoms with van der Waals surface area (Å²) in [4.78, 5) is -0.278. The van der Waals surface area contributed by atoms with E-state index in [1.54, 1.807) is 0 Å². The number of aliphatic hydroxyl groups is 1. The van der Waals surface area contributed by atoms with Gasteiger partial charge >= 0.3 is 0 Å². The maximum atomic E-state index is 13.3. The van der Waals surface area contributed by atoms with E-state index in [2.05, 4.69) is 4.72 Å². The normalized spacial score (nSPS) is 23.8. The average molecular weight is 337 g/mol. The Bertz CT molecular complexity index is 624. The number of nitrogens with two attached hydrogens (primary N) is 1. The van der Waals surface area contributed by atoms with Crippen molar-refractivity contribution in [2.45, 2.75) is 49.1 Å². The lowest BCUT2D eigenvalue weighted by molar-refractivity contribution is 0.130. The molecule has 1 aromatic rings. The van der Waals surface area contributed by atoms with Crippen molar-refractivity contribution in [2.24, 2.45) is 0 Å². The lowest BCUT2D eigenvalue weighted by Crippen LogP contribution is -2.42. The Morgan fingerprint density at radius 3 is 2.67 bits per heavy atom. The van der Waals surface area contributed by atoms with Gasteiger partial charge in [0.2, 0.25) is 10.0 Å². The summed E-state index contributed by atoms with van der Waals surface area (Å²) in [6.07, 6.45) is 3.02. The minimum absolute atomic E-state index is 0.239. The van der Waals surface area contributed by atoms with Gasteiger partial charge in [0.05, 0.1) is 16.8 Å². The molecule has 4 N–H and O–H groups in total. The summed E-state index contributed by atoms with van der Waals surface area (Å²) in [5, 5.41) is 9.74. The maximum absolute atomic E-state index is 13.3. The number of sulfonamides is 1. The Balaban J connectivity index is 2.27. The number of nitrogen functional groups attached to an aromatic ring is 1. The van der Waals surface area contributed by atoms with Crippen LogP contribution in [0.15, 0.2) is 17.0 Å². The largest absolute Gasteiger partial charge is 0.396 e. The van der Waals surface area contributed by atoms with Gasteiger partial charge in [0.15, 0.2) is 0 Å². The summed E-state index contributed by atoms with van der Waals surface area (Å²) in [5.41, 5.74) is 5.11. The molecule has 0 heterocycles. The van der Waals surface area contributed by atoms with Crippen molar-refractivity contribution in [1.29, 1.82) is 0 Å². The second-order valence-corrected chi connectivity index (χ2v) is 7.33. The van der Waals surface area contributed by atoms with Crippen molar-refractivity contribution >= 4 is 27.3 Å². The van der Waals surface area contributed by atoms with Crippen molar-refractivity contribution in [2.75, 3.05) is 5.73 Å². The lowest BCUT2D eigenvalue weighted by Gasteiger charge is -2.22. The van der Waals surface area contributed by atoms with Crippen LogP contribution in [-0.2, 0) is 10.0 Å². The summed E-state index contributed by atoms with van der Waals surface area (Å²) in [5.74, 6) is -0.770. The van der Waals surface area contributed by atoms with E-state index in [9.17, 15) is 17.9 Å². The van der Waals surface area contributed by atoms with E-state index in [-0.39, 0.29) is 15.6 Å². The molecule has 2 unspecified atom stereocenters. The van der Waals surface area contributed by atoms with Gasteiger partial charge in [0.25, 0.3) is 0 Å². The molecular weight excluding hydrogens is 319 g/mol. The van der Waals surface area contributed by atoms with Crippen LogP contribution in [0.25, 0.3) is 0 Å². The Kier molecular flexibility index (Phi) is 5.08. The molecule has 8 heteroatoms. The van der Waals surface area contributed by atoms with E-state index < -0.39 is 28.0 Å². The Morgan fingerprint density at radius 2 is 1.95 bits per heavy atom. The number of benzene rings is 1. The predicted octanol–water partition coefficient (Wildman–Crippen LogP) is 2.03. The molecule has 0 amide bonds. The van der Waals surface area contributed by atoms with Crippen molar-refractivity contribution in [3.63, 3.8) is 0 Å². The molecule has 0 aromatic heterocycles. The van der Waals surface area contributed by atoms with Gasteiger partial charge in [-0.05, 0) is 25.0 Å². The molecule has 0 bridgehead atoms. The number of nitrogens with one attached hydrogen (secondary N) is 1. The minimum Gasteiger partial charge on any atom is -0.396 e. The van der Waals surface area contributed by atoms with E-state index in [4.69, 9.17) is 17.3 Å². The van der Waals surface area contributed by atoms with Crippen LogP contribution < -0.4 is 10.5 Å². The fourth-order valence-corrected chi connectivity index (χ4v) is 4.29. The van der Waals surface area contributed by atoms with Crippen molar-refractivity contribution in [3.05, 3.63) is 23.0 Å². The first kappa shape index (κ1) is 16.5. The lowest BCUT2D eigenvalue weighted by atomic mass is 10.1. The number of anilines is 1. The molecule has 1 fully saturated rings. The summed E-state index contributed by atoms with van der Waals surface area (Å²) in [6, 6.07) is 1.29. The molecule has 2 rings (SSSR count). The highest BCUT2D eigenvalue weighted by atomic mass is 35.5. The van der Waals surface area contributed by atoms with E-state index in [1.807, 2.05) is 0 Å². The van der Waals surface area contributed by atoms with Crippen LogP contribution in [0.2, 0.25) is 5.02 Å². The molecule has 1 aliphatic rings. The summed E-state index contributed by atoms with van der Waals surface area (Å²) in [7, 11) is -3.97. The fourth-order valence-electron chi connectivity index (χ4n) is 2.44. The molecule has 21 heavy (non-hydrogen) atoms. The minimum atomic E-state index is -3.97. The first-order valence-corrected chi connectivity index (χ1v) is 8.62. The third kappa shape index (κ3) is 3.85. The summed E-state index contributed by atoms with van der Waals surface area (Å²) >= 11 is 5.80. The number of rotatable bonds is 3. The average Bonchev–Trinajstić information content (AvgIpc) is 2.59. The summed E-state index contributed by atoms with van der Waals surface area (Å²) in [6.45, 7) is 0. The van der Waals surface area contributed by atoms with E-state index in [0.717, 1.165) is 31.4 Å². The quantitative estimate of drug-likeness (QED) is 0.581. The molecule has 2 atom stereocenters. The topological polar surface area (TPSA) is 92.4 Å². The third-order valence-electron chi connectivity index (χ3n) is 3.63. The van der Waals surface area contributed by atoms with E-state index >= 15 is 0 Å². The molecule has 0 saturated heterocycles. The number of aliphatic hydroxyl groups excluding tert-OH is 1. The van der Waals surface area contributed by atoms with E-state index in [0.29, 0.717) is 12.8 Å². The van der Waals surface area contributed by atoms with Gasteiger partial charge < -0.3 is 10.8 Å². The third-order valence-corrected chi connectivity index (χ3v) is 5.58. The first-order valence-electron chi connectivity index (χ1n) is 6.76. The molecule has 0 radical (unpaired) electrons. The van der Waals surface area contributed by atoms with Crippen LogP contribution in [0.3, 0.4) is 0 Å². The first-order chi connectivity index (χ1) is 9.81. The SMILES string of the molecule is Nc1cc(S(=O)(=O)NC2CCCCCC2O)c(Cl)cc1F. The summed E-state index contributed by atoms with van der Waals surface area (Å²) < 4.78 is 40.4. The van der Waals surface area contributed by atoms with Crippen LogP contribution in [-0.4, -0.2) is 25.7 Å². The number of hydrogen-bond acceptors (Lipinski definition) is 4. The molecule has 118 valence electrons. The van der Waals surface area contributed by atoms with Gasteiger partial charge in [-0.25, -0.2) is 17.5 Å². The molecule has 1 saturated carbocycles. The Morgan fingerprint density at radius 1 is 1.29 bits per heavy atom. The maximum Gasteiger partial charge on any atom is 0.242 e. The molecule has 1 aromatic carbocycles. The highest BCUT2D eigenvalue weighted by Crippen LogP contribution is 2.27. The Labute approximate surface area is 128 Å². The van der Waals surface area contributed by atoms with Gasteiger partial charge in [-0.2, -0.15) is 0 Å². The zero-order valence-electron chi connectivity index (χ0n) is 11.4. The smallest absolute Gasteiger partial charge is 0.242 e. The van der Waals surface area contributed by atoms with Crippen LogP contribution in [0, 0.1) is 5.82 Å². The zero-order valence-corrected chi connectivity index (χ0v) is 12.9. The highest BCUT2D eigenvalue weighted by molar-refractivity contribution is 7.89. The van der Waals surface area contributed by atoms with Crippen LogP contribution >= 0.6 is 11.6 Å². The van der Waals surface area contributed by atoms with Crippen LogP contribution in [0.4, 0.5) is 10.1 Å². The Hall–Kier alpha value is -0.890. The molecule has 0 aliphatic heterocycles. The second-order valence-electron chi connectivity index (χ2n) is 5.24. The van der Waals surface area contributed by atoms with Crippen molar-refractivity contribution < 1.29 is 17.9 Å². The number of hydrogen-bond donors (Lipinski definition) is 3. The molecule has 5 nitrogen and oxygen atoms in total. The predicted molar refractivity (Wildman–Crippen MR) is 79.0 cm³/mol. The van der Waals surface area contributed by atoms with Gasteiger partial charge in [0, 0.05) is 6.04 Å². The monoisotopic (exact) mass is 336 g/mol. The number of halogens is 2. The molecule has 0 spiro atoms.